The van der Waals surface area contributed by atoms with E-state index in [9.17, 15) is 0 Å². The first-order valence-electron chi connectivity index (χ1n) is 5.08. The van der Waals surface area contributed by atoms with E-state index >= 15 is 0 Å². The van der Waals surface area contributed by atoms with Crippen molar-refractivity contribution in [2.75, 3.05) is 0 Å². The minimum atomic E-state index is 0.0630. The summed E-state index contributed by atoms with van der Waals surface area (Å²) in [6, 6.07) is 4.35. The second kappa shape index (κ2) is 4.95. The molecule has 0 spiro atoms. The zero-order valence-electron chi connectivity index (χ0n) is 9.60. The van der Waals surface area contributed by atoms with E-state index < -0.39 is 0 Å². The van der Waals surface area contributed by atoms with Crippen molar-refractivity contribution in [3.05, 3.63) is 45.4 Å². The lowest BCUT2D eigenvalue weighted by molar-refractivity contribution is 0.715. The molecule has 2 heteroatoms. The predicted octanol–water partition coefficient (Wildman–Crippen LogP) is 4.03. The maximum absolute atomic E-state index is 6.11. The lowest BCUT2D eigenvalue weighted by atomic mass is 9.98. The lowest BCUT2D eigenvalue weighted by Gasteiger charge is -2.15. The van der Waals surface area contributed by atoms with E-state index in [2.05, 4.69) is 48.5 Å². The lowest BCUT2D eigenvalue weighted by Crippen LogP contribution is -2.11. The van der Waals surface area contributed by atoms with E-state index in [1.807, 2.05) is 6.92 Å². The van der Waals surface area contributed by atoms with Crippen molar-refractivity contribution in [2.45, 2.75) is 33.2 Å². The van der Waals surface area contributed by atoms with E-state index in [0.717, 1.165) is 12.0 Å². The van der Waals surface area contributed by atoms with Crippen molar-refractivity contribution in [3.8, 4) is 0 Å². The summed E-state index contributed by atoms with van der Waals surface area (Å²) in [7, 11) is 0. The van der Waals surface area contributed by atoms with Crippen molar-refractivity contribution in [1.29, 1.82) is 0 Å². The number of rotatable bonds is 3. The molecular formula is C13H18BrN. The van der Waals surface area contributed by atoms with Gasteiger partial charge in [-0.1, -0.05) is 33.6 Å². The molecule has 0 amide bonds. The Labute approximate surface area is 101 Å². The third-order valence-electron chi connectivity index (χ3n) is 2.46. The summed E-state index contributed by atoms with van der Waals surface area (Å²) in [5.74, 6) is 0. The normalized spacial score (nSPS) is 12.6. The fourth-order valence-electron chi connectivity index (χ4n) is 1.69. The van der Waals surface area contributed by atoms with Crippen LogP contribution in [0.3, 0.4) is 0 Å². The van der Waals surface area contributed by atoms with Gasteiger partial charge in [0.15, 0.2) is 0 Å². The predicted molar refractivity (Wildman–Crippen MR) is 70.0 cm³/mol. The average Bonchev–Trinajstić information content (AvgIpc) is 2.12. The van der Waals surface area contributed by atoms with Gasteiger partial charge in [0.25, 0.3) is 0 Å². The van der Waals surface area contributed by atoms with Gasteiger partial charge in [-0.25, -0.2) is 0 Å². The standard InChI is InChI=1S/C13H18BrN/c1-8(2)5-12(15)11-6-9(3)13(14)10(4)7-11/h6-7,12H,1,5,15H2,2-4H3. The second-order valence-electron chi connectivity index (χ2n) is 4.24. The summed E-state index contributed by atoms with van der Waals surface area (Å²) in [5.41, 5.74) is 10.9. The molecule has 15 heavy (non-hydrogen) atoms. The van der Waals surface area contributed by atoms with Crippen LogP contribution in [-0.2, 0) is 0 Å². The second-order valence-corrected chi connectivity index (χ2v) is 5.03. The third kappa shape index (κ3) is 3.18. The zero-order chi connectivity index (χ0) is 11.6. The fourth-order valence-corrected chi connectivity index (χ4v) is 1.92. The van der Waals surface area contributed by atoms with Gasteiger partial charge in [-0.05, 0) is 43.9 Å². The van der Waals surface area contributed by atoms with Crippen molar-refractivity contribution in [1.82, 2.24) is 0 Å². The van der Waals surface area contributed by atoms with Gasteiger partial charge >= 0.3 is 0 Å². The van der Waals surface area contributed by atoms with Gasteiger partial charge in [0, 0.05) is 10.5 Å². The summed E-state index contributed by atoms with van der Waals surface area (Å²) in [5, 5.41) is 0. The third-order valence-corrected chi connectivity index (χ3v) is 3.71. The van der Waals surface area contributed by atoms with Gasteiger partial charge in [-0.3, -0.25) is 0 Å². The molecule has 0 bridgehead atoms. The SMILES string of the molecule is C=C(C)CC(N)c1cc(C)c(Br)c(C)c1. The largest absolute Gasteiger partial charge is 0.324 e. The summed E-state index contributed by atoms with van der Waals surface area (Å²) < 4.78 is 1.17. The minimum absolute atomic E-state index is 0.0630. The molecule has 2 N–H and O–H groups in total. The number of hydrogen-bond donors (Lipinski definition) is 1. The van der Waals surface area contributed by atoms with Crippen LogP contribution in [0.5, 0.6) is 0 Å². The maximum Gasteiger partial charge on any atom is 0.0332 e. The van der Waals surface area contributed by atoms with Crippen LogP contribution in [0.15, 0.2) is 28.8 Å². The molecule has 0 saturated heterocycles. The zero-order valence-corrected chi connectivity index (χ0v) is 11.2. The monoisotopic (exact) mass is 267 g/mol. The van der Waals surface area contributed by atoms with Crippen LogP contribution >= 0.6 is 15.9 Å². The molecule has 0 radical (unpaired) electrons. The van der Waals surface area contributed by atoms with Gasteiger partial charge in [-0.2, -0.15) is 0 Å². The number of aryl methyl sites for hydroxylation is 2. The van der Waals surface area contributed by atoms with E-state index in [4.69, 9.17) is 5.73 Å². The van der Waals surface area contributed by atoms with Crippen LogP contribution in [0, 0.1) is 13.8 Å². The van der Waals surface area contributed by atoms with Crippen LogP contribution in [0.2, 0.25) is 0 Å². The Bertz CT molecular complexity index is 359. The van der Waals surface area contributed by atoms with E-state index in [-0.39, 0.29) is 6.04 Å². The molecule has 1 nitrogen and oxygen atoms in total. The quantitative estimate of drug-likeness (QED) is 0.823. The fraction of sp³-hybridized carbons (Fsp3) is 0.385. The van der Waals surface area contributed by atoms with Crippen LogP contribution in [0.1, 0.15) is 36.1 Å². The minimum Gasteiger partial charge on any atom is -0.324 e. The molecule has 0 saturated carbocycles. The van der Waals surface area contributed by atoms with Gasteiger partial charge < -0.3 is 5.73 Å². The van der Waals surface area contributed by atoms with Crippen LogP contribution in [0.4, 0.5) is 0 Å². The van der Waals surface area contributed by atoms with Crippen LogP contribution in [-0.4, -0.2) is 0 Å². The summed E-state index contributed by atoms with van der Waals surface area (Å²) in [6.07, 6.45) is 0.848. The molecule has 0 aliphatic heterocycles. The average molecular weight is 268 g/mol. The van der Waals surface area contributed by atoms with Crippen LogP contribution < -0.4 is 5.73 Å². The number of hydrogen-bond acceptors (Lipinski definition) is 1. The maximum atomic E-state index is 6.11. The molecule has 0 aliphatic rings. The van der Waals surface area contributed by atoms with E-state index in [0.29, 0.717) is 0 Å². The molecular weight excluding hydrogens is 250 g/mol. The first-order valence-corrected chi connectivity index (χ1v) is 5.87. The molecule has 1 unspecified atom stereocenters. The molecule has 1 atom stereocenters. The summed E-state index contributed by atoms with van der Waals surface area (Å²) >= 11 is 3.55. The highest BCUT2D eigenvalue weighted by Crippen LogP contribution is 2.26. The smallest absolute Gasteiger partial charge is 0.0332 e. The molecule has 1 aromatic rings. The number of nitrogens with two attached hydrogens (primary N) is 1. The highest BCUT2D eigenvalue weighted by Gasteiger charge is 2.09. The van der Waals surface area contributed by atoms with E-state index in [1.54, 1.807) is 0 Å². The van der Waals surface area contributed by atoms with Crippen LogP contribution in [0.25, 0.3) is 0 Å². The van der Waals surface area contributed by atoms with Crippen molar-refractivity contribution >= 4 is 15.9 Å². The molecule has 0 fully saturated rings. The van der Waals surface area contributed by atoms with Crippen molar-refractivity contribution < 1.29 is 0 Å². The summed E-state index contributed by atoms with van der Waals surface area (Å²) in [6.45, 7) is 10.1. The molecule has 0 heterocycles. The molecule has 1 rings (SSSR count). The van der Waals surface area contributed by atoms with Gasteiger partial charge in [0.2, 0.25) is 0 Å². The van der Waals surface area contributed by atoms with Gasteiger partial charge in [-0.15, -0.1) is 6.58 Å². The van der Waals surface area contributed by atoms with Crippen molar-refractivity contribution in [3.63, 3.8) is 0 Å². The van der Waals surface area contributed by atoms with Gasteiger partial charge in [0.05, 0.1) is 0 Å². The Morgan fingerprint density at radius 3 is 2.27 bits per heavy atom. The Balaban J connectivity index is 3.00. The Morgan fingerprint density at radius 2 is 1.87 bits per heavy atom. The Hall–Kier alpha value is -0.600. The van der Waals surface area contributed by atoms with Crippen molar-refractivity contribution in [2.24, 2.45) is 5.73 Å². The Kier molecular flexibility index (Phi) is 4.12. The first kappa shape index (κ1) is 12.5. The summed E-state index contributed by atoms with van der Waals surface area (Å²) in [4.78, 5) is 0. The molecule has 82 valence electrons. The van der Waals surface area contributed by atoms with Gasteiger partial charge in [0.1, 0.15) is 0 Å². The Morgan fingerprint density at radius 1 is 1.40 bits per heavy atom. The number of benzene rings is 1. The molecule has 1 aromatic carbocycles. The molecule has 0 aromatic heterocycles. The van der Waals surface area contributed by atoms with E-state index in [1.165, 1.54) is 21.2 Å². The highest BCUT2D eigenvalue weighted by atomic mass is 79.9. The molecule has 0 aliphatic carbocycles. The first-order chi connectivity index (χ1) is 6.91. The highest BCUT2D eigenvalue weighted by molar-refractivity contribution is 9.10. The topological polar surface area (TPSA) is 26.0 Å². The number of halogens is 1.